The SMILES string of the molecule is Cn1c(=O)oc2cc(CNCCC#N)ccc21. The lowest BCUT2D eigenvalue weighted by atomic mass is 10.2. The Hall–Kier alpha value is -2.06. The van der Waals surface area contributed by atoms with Gasteiger partial charge in [0, 0.05) is 26.6 Å². The molecule has 17 heavy (non-hydrogen) atoms. The highest BCUT2D eigenvalue weighted by atomic mass is 16.4. The summed E-state index contributed by atoms with van der Waals surface area (Å²) >= 11 is 0. The molecule has 0 bridgehead atoms. The molecule has 0 fully saturated rings. The summed E-state index contributed by atoms with van der Waals surface area (Å²) < 4.78 is 6.57. The number of benzene rings is 1. The molecule has 1 aromatic carbocycles. The van der Waals surface area contributed by atoms with Crippen LogP contribution >= 0.6 is 0 Å². The third-order valence-electron chi connectivity index (χ3n) is 2.60. The van der Waals surface area contributed by atoms with E-state index in [9.17, 15) is 4.79 Å². The highest BCUT2D eigenvalue weighted by Gasteiger charge is 2.05. The number of nitrogens with one attached hydrogen (secondary N) is 1. The molecule has 5 heteroatoms. The molecule has 88 valence electrons. The zero-order valence-corrected chi connectivity index (χ0v) is 9.56. The Morgan fingerprint density at radius 3 is 3.12 bits per heavy atom. The first kappa shape index (κ1) is 11.4. The molecule has 0 radical (unpaired) electrons. The molecule has 1 N–H and O–H groups in total. The summed E-state index contributed by atoms with van der Waals surface area (Å²) in [6.07, 6.45) is 0.489. The average Bonchev–Trinajstić information content (AvgIpc) is 2.61. The fraction of sp³-hybridized carbons (Fsp3) is 0.333. The topological polar surface area (TPSA) is 71.0 Å². The van der Waals surface area contributed by atoms with Gasteiger partial charge in [-0.05, 0) is 17.7 Å². The number of hydrogen-bond acceptors (Lipinski definition) is 4. The van der Waals surface area contributed by atoms with Gasteiger partial charge in [-0.25, -0.2) is 4.79 Å². The Morgan fingerprint density at radius 1 is 1.53 bits per heavy atom. The Bertz CT molecular complexity index is 619. The molecule has 0 aliphatic rings. The van der Waals surface area contributed by atoms with Gasteiger partial charge in [-0.15, -0.1) is 0 Å². The van der Waals surface area contributed by atoms with Crippen molar-refractivity contribution in [3.63, 3.8) is 0 Å². The molecule has 1 heterocycles. The van der Waals surface area contributed by atoms with Gasteiger partial charge in [0.15, 0.2) is 5.58 Å². The Labute approximate surface area is 98.3 Å². The van der Waals surface area contributed by atoms with Gasteiger partial charge in [0.2, 0.25) is 0 Å². The fourth-order valence-corrected chi connectivity index (χ4v) is 1.67. The second-order valence-electron chi connectivity index (χ2n) is 3.81. The van der Waals surface area contributed by atoms with E-state index in [1.165, 1.54) is 4.57 Å². The molecule has 0 aliphatic heterocycles. The molecular weight excluding hydrogens is 218 g/mol. The normalized spacial score (nSPS) is 10.6. The zero-order valence-electron chi connectivity index (χ0n) is 9.56. The predicted octanol–water partition coefficient (Wildman–Crippen LogP) is 1.13. The van der Waals surface area contributed by atoms with Crippen molar-refractivity contribution in [2.24, 2.45) is 7.05 Å². The van der Waals surface area contributed by atoms with E-state index in [1.54, 1.807) is 7.05 Å². The van der Waals surface area contributed by atoms with Crippen molar-refractivity contribution in [1.29, 1.82) is 5.26 Å². The Morgan fingerprint density at radius 2 is 2.35 bits per heavy atom. The first-order valence-corrected chi connectivity index (χ1v) is 5.38. The van der Waals surface area contributed by atoms with Crippen molar-refractivity contribution in [2.45, 2.75) is 13.0 Å². The molecule has 2 aromatic rings. The molecule has 0 atom stereocenters. The van der Waals surface area contributed by atoms with Gasteiger partial charge in [0.25, 0.3) is 0 Å². The van der Waals surface area contributed by atoms with Crippen molar-refractivity contribution in [2.75, 3.05) is 6.54 Å². The highest BCUT2D eigenvalue weighted by molar-refractivity contribution is 5.73. The van der Waals surface area contributed by atoms with Crippen molar-refractivity contribution < 1.29 is 4.42 Å². The molecule has 0 unspecified atom stereocenters. The number of nitriles is 1. The lowest BCUT2D eigenvalue weighted by Crippen LogP contribution is -2.13. The van der Waals surface area contributed by atoms with Crippen LogP contribution in [-0.4, -0.2) is 11.1 Å². The minimum absolute atomic E-state index is 0.352. The second-order valence-corrected chi connectivity index (χ2v) is 3.81. The number of aryl methyl sites for hydroxylation is 1. The molecule has 0 aliphatic carbocycles. The van der Waals surface area contributed by atoms with E-state index in [-0.39, 0.29) is 5.76 Å². The quantitative estimate of drug-likeness (QED) is 0.801. The summed E-state index contributed by atoms with van der Waals surface area (Å²) in [6, 6.07) is 7.72. The number of hydrogen-bond donors (Lipinski definition) is 1. The highest BCUT2D eigenvalue weighted by Crippen LogP contribution is 2.13. The third-order valence-corrected chi connectivity index (χ3v) is 2.60. The molecule has 1 aromatic heterocycles. The van der Waals surface area contributed by atoms with E-state index < -0.39 is 0 Å². The van der Waals surface area contributed by atoms with E-state index in [1.807, 2.05) is 18.2 Å². The van der Waals surface area contributed by atoms with Crippen molar-refractivity contribution in [3.8, 4) is 6.07 Å². The fourth-order valence-electron chi connectivity index (χ4n) is 1.67. The zero-order chi connectivity index (χ0) is 12.3. The van der Waals surface area contributed by atoms with E-state index in [2.05, 4.69) is 11.4 Å². The van der Waals surface area contributed by atoms with Crippen LogP contribution in [0.3, 0.4) is 0 Å². The van der Waals surface area contributed by atoms with Crippen LogP contribution in [0.5, 0.6) is 0 Å². The average molecular weight is 231 g/mol. The van der Waals surface area contributed by atoms with Crippen molar-refractivity contribution in [3.05, 3.63) is 34.3 Å². The van der Waals surface area contributed by atoms with Gasteiger partial charge in [0.05, 0.1) is 11.6 Å². The molecule has 0 spiro atoms. The van der Waals surface area contributed by atoms with E-state index in [0.717, 1.165) is 11.1 Å². The first-order valence-electron chi connectivity index (χ1n) is 5.38. The maximum atomic E-state index is 11.3. The molecule has 0 saturated heterocycles. The van der Waals surface area contributed by atoms with Gasteiger partial charge >= 0.3 is 5.76 Å². The Balaban J connectivity index is 2.15. The van der Waals surface area contributed by atoms with Crippen LogP contribution in [-0.2, 0) is 13.6 Å². The monoisotopic (exact) mass is 231 g/mol. The molecule has 0 saturated carbocycles. The summed E-state index contributed by atoms with van der Waals surface area (Å²) in [4.78, 5) is 11.3. The molecule has 2 rings (SSSR count). The van der Waals surface area contributed by atoms with Gasteiger partial charge in [-0.3, -0.25) is 4.57 Å². The summed E-state index contributed by atoms with van der Waals surface area (Å²) in [7, 11) is 1.68. The predicted molar refractivity (Wildman–Crippen MR) is 63.4 cm³/mol. The first-order chi connectivity index (χ1) is 8.22. The van der Waals surface area contributed by atoms with Gasteiger partial charge in [-0.1, -0.05) is 6.07 Å². The van der Waals surface area contributed by atoms with Crippen LogP contribution in [0.4, 0.5) is 0 Å². The summed E-state index contributed by atoms with van der Waals surface area (Å²) in [6.45, 7) is 1.32. The van der Waals surface area contributed by atoms with Crippen LogP contribution in [0.15, 0.2) is 27.4 Å². The Kier molecular flexibility index (Phi) is 3.26. The smallest absolute Gasteiger partial charge is 0.408 e. The number of oxazole rings is 1. The minimum Gasteiger partial charge on any atom is -0.408 e. The molecule has 5 nitrogen and oxygen atoms in total. The third kappa shape index (κ3) is 2.37. The van der Waals surface area contributed by atoms with Gasteiger partial charge in [0.1, 0.15) is 0 Å². The van der Waals surface area contributed by atoms with E-state index in [4.69, 9.17) is 9.68 Å². The maximum Gasteiger partial charge on any atom is 0.419 e. The lowest BCUT2D eigenvalue weighted by Gasteiger charge is -2.02. The van der Waals surface area contributed by atoms with Crippen molar-refractivity contribution in [1.82, 2.24) is 9.88 Å². The molecule has 0 amide bonds. The number of fused-ring (bicyclic) bond motifs is 1. The second kappa shape index (κ2) is 4.85. The van der Waals surface area contributed by atoms with Gasteiger partial charge in [-0.2, -0.15) is 5.26 Å². The summed E-state index contributed by atoms with van der Waals surface area (Å²) in [5.74, 6) is -0.352. The number of nitrogens with zero attached hydrogens (tertiary/aromatic N) is 2. The van der Waals surface area contributed by atoms with E-state index in [0.29, 0.717) is 25.1 Å². The standard InChI is InChI=1S/C12H13N3O2/c1-15-10-4-3-9(8-14-6-2-5-13)7-11(10)17-12(15)16/h3-4,7,14H,2,6,8H2,1H3. The largest absolute Gasteiger partial charge is 0.419 e. The van der Waals surface area contributed by atoms with Crippen LogP contribution in [0, 0.1) is 11.3 Å². The summed E-state index contributed by atoms with van der Waals surface area (Å²) in [5, 5.41) is 11.5. The van der Waals surface area contributed by atoms with E-state index >= 15 is 0 Å². The number of aromatic nitrogens is 1. The molecular formula is C12H13N3O2. The minimum atomic E-state index is -0.352. The van der Waals surface area contributed by atoms with Crippen molar-refractivity contribution >= 4 is 11.1 Å². The summed E-state index contributed by atoms with van der Waals surface area (Å²) in [5.41, 5.74) is 2.41. The lowest BCUT2D eigenvalue weighted by molar-refractivity contribution is 0.527. The van der Waals surface area contributed by atoms with Crippen LogP contribution in [0.25, 0.3) is 11.1 Å². The van der Waals surface area contributed by atoms with Gasteiger partial charge < -0.3 is 9.73 Å². The van der Waals surface area contributed by atoms with Crippen LogP contribution < -0.4 is 11.1 Å². The maximum absolute atomic E-state index is 11.3. The van der Waals surface area contributed by atoms with Crippen LogP contribution in [0.2, 0.25) is 0 Å². The van der Waals surface area contributed by atoms with Crippen LogP contribution in [0.1, 0.15) is 12.0 Å². The number of rotatable bonds is 4.